The third-order valence-electron chi connectivity index (χ3n) is 6.38. The Labute approximate surface area is 249 Å². The fraction of sp³-hybridized carbons (Fsp3) is 0.351. The van der Waals surface area contributed by atoms with Crippen LogP contribution in [-0.2, 0) is 0 Å². The van der Waals surface area contributed by atoms with Crippen LogP contribution in [0.2, 0.25) is 0 Å². The van der Waals surface area contributed by atoms with Gasteiger partial charge in [-0.3, -0.25) is 0 Å². The monoisotopic (exact) mass is 584 g/mol. The molecule has 0 bridgehead atoms. The van der Waals surface area contributed by atoms with Crippen LogP contribution in [0.4, 0.5) is 22.0 Å². The summed E-state index contributed by atoms with van der Waals surface area (Å²) in [5.41, 5.74) is 4.09. The Morgan fingerprint density at radius 2 is 0.952 bits per heavy atom. The zero-order chi connectivity index (χ0) is 32.0. The molecule has 4 aromatic carbocycles. The average Bonchev–Trinajstić information content (AvgIpc) is 2.91. The smallest absolute Gasteiger partial charge is 0.162 e. The number of aryl methyl sites for hydroxylation is 1. The van der Waals surface area contributed by atoms with Crippen LogP contribution in [0.3, 0.4) is 0 Å². The van der Waals surface area contributed by atoms with Crippen molar-refractivity contribution in [2.45, 2.75) is 86.0 Å². The molecular formula is C37H45F5. The van der Waals surface area contributed by atoms with Crippen molar-refractivity contribution in [1.82, 2.24) is 0 Å². The third-order valence-corrected chi connectivity index (χ3v) is 6.38. The fourth-order valence-corrected chi connectivity index (χ4v) is 3.96. The number of rotatable bonds is 4. The van der Waals surface area contributed by atoms with Crippen LogP contribution in [0, 0.1) is 36.0 Å². The van der Waals surface area contributed by atoms with Gasteiger partial charge in [-0.1, -0.05) is 110 Å². The molecule has 0 unspecified atom stereocenters. The highest BCUT2D eigenvalue weighted by atomic mass is 19.2. The van der Waals surface area contributed by atoms with E-state index in [0.717, 1.165) is 17.2 Å². The molecule has 0 amide bonds. The van der Waals surface area contributed by atoms with Gasteiger partial charge < -0.3 is 0 Å². The van der Waals surface area contributed by atoms with E-state index >= 15 is 0 Å². The quantitative estimate of drug-likeness (QED) is 0.209. The van der Waals surface area contributed by atoms with Gasteiger partial charge in [0.25, 0.3) is 0 Å². The van der Waals surface area contributed by atoms with Crippen molar-refractivity contribution in [3.63, 3.8) is 0 Å². The summed E-state index contributed by atoms with van der Waals surface area (Å²) in [6.07, 6.45) is 0. The van der Waals surface area contributed by atoms with Gasteiger partial charge in [-0.15, -0.1) is 0 Å². The Morgan fingerprint density at radius 3 is 1.33 bits per heavy atom. The lowest BCUT2D eigenvalue weighted by Crippen LogP contribution is -1.96. The van der Waals surface area contributed by atoms with Crippen LogP contribution in [-0.4, -0.2) is 0 Å². The van der Waals surface area contributed by atoms with E-state index < -0.39 is 23.3 Å². The first-order valence-corrected chi connectivity index (χ1v) is 14.3. The van der Waals surface area contributed by atoms with Crippen LogP contribution in [0.15, 0.2) is 84.9 Å². The lowest BCUT2D eigenvalue weighted by Gasteiger charge is -2.06. The normalized spacial score (nSPS) is 10.5. The van der Waals surface area contributed by atoms with Gasteiger partial charge in [-0.2, -0.15) is 0 Å². The molecule has 0 aliphatic rings. The maximum Gasteiger partial charge on any atom is 0.162 e. The van der Waals surface area contributed by atoms with Gasteiger partial charge in [0.1, 0.15) is 17.5 Å². The lowest BCUT2D eigenvalue weighted by molar-refractivity contribution is 0.494. The average molecular weight is 585 g/mol. The van der Waals surface area contributed by atoms with Crippen LogP contribution in [0.25, 0.3) is 0 Å². The van der Waals surface area contributed by atoms with Crippen LogP contribution < -0.4 is 0 Å². The van der Waals surface area contributed by atoms with Crippen LogP contribution >= 0.6 is 0 Å². The van der Waals surface area contributed by atoms with Gasteiger partial charge in [0.2, 0.25) is 0 Å². The Kier molecular flexibility index (Phi) is 15.8. The molecule has 4 aromatic rings. The number of benzene rings is 4. The molecule has 0 saturated heterocycles. The second-order valence-electron chi connectivity index (χ2n) is 11.4. The van der Waals surface area contributed by atoms with Gasteiger partial charge in [0.15, 0.2) is 11.6 Å². The number of hydrogen-bond donors (Lipinski definition) is 0. The van der Waals surface area contributed by atoms with Crippen LogP contribution in [0.1, 0.15) is 107 Å². The molecule has 0 saturated carbocycles. The number of halogens is 5. The predicted molar refractivity (Wildman–Crippen MR) is 167 cm³/mol. The van der Waals surface area contributed by atoms with E-state index in [1.165, 1.54) is 29.8 Å². The Hall–Kier alpha value is -3.47. The minimum Gasteiger partial charge on any atom is -0.207 e. The highest BCUT2D eigenvalue weighted by Gasteiger charge is 2.11. The zero-order valence-corrected chi connectivity index (χ0v) is 26.3. The van der Waals surface area contributed by atoms with Crippen molar-refractivity contribution in [2.75, 3.05) is 0 Å². The van der Waals surface area contributed by atoms with E-state index in [-0.39, 0.29) is 23.2 Å². The third kappa shape index (κ3) is 12.6. The predicted octanol–water partition coefficient (Wildman–Crippen LogP) is 12.2. The summed E-state index contributed by atoms with van der Waals surface area (Å²) >= 11 is 0. The summed E-state index contributed by atoms with van der Waals surface area (Å²) in [5, 5.41) is 0. The highest BCUT2D eigenvalue weighted by molar-refractivity contribution is 5.26. The molecule has 0 aromatic heterocycles. The Morgan fingerprint density at radius 1 is 0.452 bits per heavy atom. The van der Waals surface area contributed by atoms with Crippen molar-refractivity contribution in [2.24, 2.45) is 0 Å². The molecule has 0 aliphatic heterocycles. The SMILES string of the molecule is CC(C)c1c(F)cccc1F.CC(C)c1cccc(F)c1F.CC(C)c1ccccc1.Cc1cc(F)cc(C(C)C)c1. The van der Waals surface area contributed by atoms with Crippen LogP contribution in [0.5, 0.6) is 0 Å². The second-order valence-corrected chi connectivity index (χ2v) is 11.4. The molecule has 0 nitrogen and oxygen atoms in total. The summed E-state index contributed by atoms with van der Waals surface area (Å²) in [7, 11) is 0. The van der Waals surface area contributed by atoms with Gasteiger partial charge >= 0.3 is 0 Å². The molecule has 0 N–H and O–H groups in total. The number of hydrogen-bond acceptors (Lipinski definition) is 0. The largest absolute Gasteiger partial charge is 0.207 e. The van der Waals surface area contributed by atoms with E-state index in [1.807, 2.05) is 32.9 Å². The van der Waals surface area contributed by atoms with Gasteiger partial charge in [0, 0.05) is 5.56 Å². The molecule has 0 atom stereocenters. The standard InChI is InChI=1S/C10H13F.2C9H10F2.C9H12/c1-7(2)9-4-8(3)5-10(11)6-9;1-6(2)9-7(10)4-3-5-8(9)11;1-6(2)7-4-3-5-8(10)9(7)11;1-8(2)9-6-4-3-5-7-9/h4-7H,1-3H3;2*3-6H,1-2H3;3-8H,1-2H3. The van der Waals surface area contributed by atoms with E-state index in [2.05, 4.69) is 52.0 Å². The summed E-state index contributed by atoms with van der Waals surface area (Å²) in [6, 6.07) is 23.9. The first-order chi connectivity index (χ1) is 19.6. The maximum absolute atomic E-state index is 12.9. The summed E-state index contributed by atoms with van der Waals surface area (Å²) < 4.78 is 64.0. The molecule has 228 valence electrons. The summed E-state index contributed by atoms with van der Waals surface area (Å²) in [4.78, 5) is 0. The first-order valence-electron chi connectivity index (χ1n) is 14.3. The van der Waals surface area contributed by atoms with Crippen molar-refractivity contribution in [3.8, 4) is 0 Å². The molecule has 0 spiro atoms. The first kappa shape index (κ1) is 36.6. The molecule has 5 heteroatoms. The molecule has 0 heterocycles. The van der Waals surface area contributed by atoms with E-state index in [9.17, 15) is 22.0 Å². The van der Waals surface area contributed by atoms with Gasteiger partial charge in [-0.25, -0.2) is 22.0 Å². The molecular weight excluding hydrogens is 539 g/mol. The minimum absolute atomic E-state index is 0.0331. The van der Waals surface area contributed by atoms with Crippen molar-refractivity contribution >= 4 is 0 Å². The maximum atomic E-state index is 12.9. The van der Waals surface area contributed by atoms with Gasteiger partial charge in [-0.05, 0) is 83.2 Å². The summed E-state index contributed by atoms with van der Waals surface area (Å²) in [6.45, 7) is 17.6. The van der Waals surface area contributed by atoms with Crippen molar-refractivity contribution in [1.29, 1.82) is 0 Å². The van der Waals surface area contributed by atoms with E-state index in [4.69, 9.17) is 0 Å². The molecule has 42 heavy (non-hydrogen) atoms. The fourth-order valence-electron chi connectivity index (χ4n) is 3.96. The lowest BCUT2D eigenvalue weighted by atomic mass is 10.0. The minimum atomic E-state index is -0.767. The van der Waals surface area contributed by atoms with Crippen molar-refractivity contribution in [3.05, 3.63) is 142 Å². The zero-order valence-electron chi connectivity index (χ0n) is 26.3. The molecule has 0 radical (unpaired) electrons. The Balaban J connectivity index is 0.000000281. The second kappa shape index (κ2) is 18.1. The Bertz CT molecular complexity index is 1300. The summed E-state index contributed by atoms with van der Waals surface area (Å²) in [5.74, 6) is -1.54. The van der Waals surface area contributed by atoms with E-state index in [0.29, 0.717) is 17.4 Å². The highest BCUT2D eigenvalue weighted by Crippen LogP contribution is 2.21. The van der Waals surface area contributed by atoms with Gasteiger partial charge in [0.05, 0.1) is 0 Å². The molecule has 0 aliphatic carbocycles. The molecule has 0 fully saturated rings. The van der Waals surface area contributed by atoms with Crippen molar-refractivity contribution < 1.29 is 22.0 Å². The van der Waals surface area contributed by atoms with E-state index in [1.54, 1.807) is 32.0 Å². The topological polar surface area (TPSA) is 0 Å². The molecule has 4 rings (SSSR count).